The van der Waals surface area contributed by atoms with Crippen LogP contribution in [0.1, 0.15) is 63.4 Å². The maximum Gasteiger partial charge on any atom is 0.409 e. The summed E-state index contributed by atoms with van der Waals surface area (Å²) in [5.41, 5.74) is 2.69. The minimum Gasteiger partial charge on any atom is -0.459 e. The van der Waals surface area contributed by atoms with E-state index in [9.17, 15) is 15.0 Å². The Morgan fingerprint density at radius 1 is 1.02 bits per heavy atom. The molecule has 10 heteroatoms. The molecule has 0 bridgehead atoms. The van der Waals surface area contributed by atoms with Gasteiger partial charge in [0.05, 0.1) is 24.8 Å². The number of amides is 1. The molecule has 3 aromatic carbocycles. The van der Waals surface area contributed by atoms with Gasteiger partial charge in [-0.15, -0.1) is 6.58 Å². The lowest BCUT2D eigenvalue weighted by Gasteiger charge is -2.59. The van der Waals surface area contributed by atoms with Crippen LogP contribution < -0.4 is 9.47 Å². The fraction of sp³-hybridized carbons (Fsp3) is 0.476. The lowest BCUT2D eigenvalue weighted by Crippen LogP contribution is -2.69. The van der Waals surface area contributed by atoms with Gasteiger partial charge in [-0.3, -0.25) is 0 Å². The molecule has 2 N–H and O–H groups in total. The molecule has 6 rings (SSSR count). The maximum absolute atomic E-state index is 13.5. The van der Waals surface area contributed by atoms with Crippen molar-refractivity contribution in [1.29, 1.82) is 0 Å². The van der Waals surface area contributed by atoms with Crippen molar-refractivity contribution in [2.45, 2.75) is 69.6 Å². The fourth-order valence-corrected chi connectivity index (χ4v) is 8.62. The zero-order chi connectivity index (χ0) is 36.7. The smallest absolute Gasteiger partial charge is 0.409 e. The van der Waals surface area contributed by atoms with Gasteiger partial charge in [0.15, 0.2) is 0 Å². The van der Waals surface area contributed by atoms with Crippen molar-refractivity contribution in [3.63, 3.8) is 0 Å². The van der Waals surface area contributed by atoms with Crippen LogP contribution >= 0.6 is 0 Å². The summed E-state index contributed by atoms with van der Waals surface area (Å²) in [6.45, 7) is 6.40. The molecule has 0 radical (unpaired) electrons. The second-order valence-electron chi connectivity index (χ2n) is 13.9. The van der Waals surface area contributed by atoms with Crippen LogP contribution in [0.5, 0.6) is 17.2 Å². The number of hydrogen-bond acceptors (Lipinski definition) is 9. The minimum atomic E-state index is -1.32. The number of hydrogen-bond donors (Lipinski definition) is 2. The number of ether oxygens (including phenoxy) is 4. The van der Waals surface area contributed by atoms with Crippen molar-refractivity contribution in [3.8, 4) is 17.2 Å². The molecule has 0 spiro atoms. The van der Waals surface area contributed by atoms with Gasteiger partial charge in [-0.25, -0.2) is 4.79 Å². The topological polar surface area (TPSA) is 119 Å². The fourth-order valence-electron chi connectivity index (χ4n) is 8.62. The molecule has 6 atom stereocenters. The third-order valence-corrected chi connectivity index (χ3v) is 10.8. The predicted molar refractivity (Wildman–Crippen MR) is 201 cm³/mol. The van der Waals surface area contributed by atoms with E-state index < -0.39 is 23.8 Å². The first-order valence-electron chi connectivity index (χ1n) is 18.6. The summed E-state index contributed by atoms with van der Waals surface area (Å²) < 4.78 is 26.0. The van der Waals surface area contributed by atoms with Crippen LogP contribution in [-0.4, -0.2) is 79.3 Å². The Morgan fingerprint density at radius 3 is 2.48 bits per heavy atom. The van der Waals surface area contributed by atoms with Crippen molar-refractivity contribution < 1.29 is 38.8 Å². The number of carbonyl (C=O) groups is 1. The van der Waals surface area contributed by atoms with Crippen molar-refractivity contribution in [3.05, 3.63) is 90.5 Å². The second kappa shape index (κ2) is 17.0. The van der Waals surface area contributed by atoms with E-state index in [0.29, 0.717) is 30.8 Å². The zero-order valence-corrected chi connectivity index (χ0v) is 30.5. The monoisotopic (exact) mass is 712 g/mol. The Morgan fingerprint density at radius 2 is 1.75 bits per heavy atom. The Labute approximate surface area is 306 Å². The molecule has 2 aliphatic carbocycles. The van der Waals surface area contributed by atoms with Gasteiger partial charge < -0.3 is 38.9 Å². The van der Waals surface area contributed by atoms with Crippen LogP contribution in [0.15, 0.2) is 90.1 Å². The van der Waals surface area contributed by atoms with E-state index in [1.165, 1.54) is 7.11 Å². The predicted octanol–water partition coefficient (Wildman–Crippen LogP) is 7.98. The van der Waals surface area contributed by atoms with Crippen LogP contribution in [0.4, 0.5) is 4.79 Å². The number of nitrogens with zero attached hydrogens (tertiary/aromatic N) is 2. The average Bonchev–Trinajstić information content (AvgIpc) is 3.15. The summed E-state index contributed by atoms with van der Waals surface area (Å²) in [6.07, 6.45) is 8.64. The molecular formula is C42H52N2O8. The van der Waals surface area contributed by atoms with Crippen molar-refractivity contribution in [1.82, 2.24) is 4.90 Å². The SMILES string of the molecule is C=CCOC12Oc3ccc(Oc4ccc5ccccc5c4)cc3C3C(CCCCO)C(CCCCO)C=C(C(=NOC)CC1N(C)C(=O)OCC)C32. The first kappa shape index (κ1) is 37.4. The van der Waals surface area contributed by atoms with Gasteiger partial charge in [0.1, 0.15) is 30.4 Å². The molecule has 0 saturated heterocycles. The highest BCUT2D eigenvalue weighted by Gasteiger charge is 2.65. The van der Waals surface area contributed by atoms with Gasteiger partial charge in [-0.05, 0) is 91.1 Å². The number of fused-ring (bicyclic) bond motifs is 3. The van der Waals surface area contributed by atoms with Gasteiger partial charge in [-0.2, -0.15) is 0 Å². The molecule has 1 aliphatic heterocycles. The normalized spacial score (nSPS) is 25.4. The summed E-state index contributed by atoms with van der Waals surface area (Å²) in [4.78, 5) is 20.5. The number of rotatable bonds is 16. The number of oxime groups is 1. The van der Waals surface area contributed by atoms with E-state index in [2.05, 4.69) is 42.1 Å². The Bertz CT molecular complexity index is 1770. The van der Waals surface area contributed by atoms with E-state index >= 15 is 0 Å². The Hall–Kier alpha value is -4.38. The number of unbranched alkanes of at least 4 members (excludes halogenated alkanes) is 2. The number of aliphatic hydroxyl groups is 2. The third kappa shape index (κ3) is 7.42. The highest BCUT2D eigenvalue weighted by Crippen LogP contribution is 2.62. The van der Waals surface area contributed by atoms with E-state index in [0.717, 1.165) is 59.1 Å². The van der Waals surface area contributed by atoms with Crippen molar-refractivity contribution in [2.24, 2.45) is 22.9 Å². The van der Waals surface area contributed by atoms with Crippen LogP contribution in [0.2, 0.25) is 0 Å². The highest BCUT2D eigenvalue weighted by molar-refractivity contribution is 6.03. The highest BCUT2D eigenvalue weighted by atomic mass is 16.7. The largest absolute Gasteiger partial charge is 0.459 e. The summed E-state index contributed by atoms with van der Waals surface area (Å²) in [6, 6.07) is 19.6. The van der Waals surface area contributed by atoms with Crippen LogP contribution in [-0.2, 0) is 14.3 Å². The van der Waals surface area contributed by atoms with Crippen LogP contribution in [0.25, 0.3) is 10.8 Å². The number of benzene rings is 3. The molecule has 3 aliphatic rings. The molecule has 52 heavy (non-hydrogen) atoms. The van der Waals surface area contributed by atoms with Gasteiger partial charge in [0.25, 0.3) is 0 Å². The number of carbonyl (C=O) groups excluding carboxylic acids is 1. The van der Waals surface area contributed by atoms with Gasteiger partial charge >= 0.3 is 6.09 Å². The standard InChI is InChI=1S/C42H52N2O8/c1-5-23-50-42-38(44(3)41(47)49-6-2)27-36(43-48-4)34-25-30(15-9-11-21-45)33(16-10-12-22-46)39(40(34)42)35-26-32(19-20-37(35)52-42)51-31-18-17-28-13-7-8-14-29(28)24-31/h5,7-8,13-14,17-20,24-26,30,33,38-40,45-46H,1,6,9-12,15-16,21-23,27H2,2-4H3. The van der Waals surface area contributed by atoms with Crippen molar-refractivity contribution in [2.75, 3.05) is 40.6 Å². The Balaban J connectivity index is 1.54. The Kier molecular flexibility index (Phi) is 12.2. The number of allylic oxidation sites excluding steroid dienone is 1. The van der Waals surface area contributed by atoms with Crippen LogP contribution in [0.3, 0.4) is 0 Å². The van der Waals surface area contributed by atoms with Gasteiger partial charge in [-0.1, -0.05) is 60.5 Å². The van der Waals surface area contributed by atoms with E-state index in [1.54, 1.807) is 24.9 Å². The first-order valence-corrected chi connectivity index (χ1v) is 18.6. The second-order valence-corrected chi connectivity index (χ2v) is 13.9. The molecule has 0 aromatic heterocycles. The molecule has 278 valence electrons. The lowest BCUT2D eigenvalue weighted by atomic mass is 9.55. The van der Waals surface area contributed by atoms with Crippen molar-refractivity contribution >= 4 is 22.6 Å². The van der Waals surface area contributed by atoms with E-state index in [-0.39, 0.29) is 44.2 Å². The molecule has 10 nitrogen and oxygen atoms in total. The zero-order valence-electron chi connectivity index (χ0n) is 30.5. The summed E-state index contributed by atoms with van der Waals surface area (Å²) in [5, 5.41) is 26.4. The van der Waals surface area contributed by atoms with E-state index in [4.69, 9.17) is 23.8 Å². The molecule has 1 fully saturated rings. The molecule has 1 heterocycles. The van der Waals surface area contributed by atoms with Crippen LogP contribution in [0, 0.1) is 17.8 Å². The molecule has 6 unspecified atom stereocenters. The molecule has 1 amide bonds. The summed E-state index contributed by atoms with van der Waals surface area (Å²) >= 11 is 0. The van der Waals surface area contributed by atoms with Gasteiger partial charge in [0.2, 0.25) is 5.79 Å². The summed E-state index contributed by atoms with van der Waals surface area (Å²) in [5.74, 6) is 0.455. The molecular weight excluding hydrogens is 660 g/mol. The average molecular weight is 713 g/mol. The number of aliphatic hydroxyl groups excluding tert-OH is 2. The first-order chi connectivity index (χ1) is 25.4. The maximum atomic E-state index is 13.5. The quantitative estimate of drug-likeness (QED) is 0.0872. The van der Waals surface area contributed by atoms with Gasteiger partial charge in [0, 0.05) is 38.2 Å². The minimum absolute atomic E-state index is 0.111. The number of likely N-dealkylation sites (N-methyl/N-ethyl adjacent to an activating group) is 1. The molecule has 3 aromatic rings. The lowest BCUT2D eigenvalue weighted by molar-refractivity contribution is -0.253. The third-order valence-electron chi connectivity index (χ3n) is 10.8. The summed E-state index contributed by atoms with van der Waals surface area (Å²) in [7, 11) is 3.25. The molecule has 1 saturated carbocycles. The van der Waals surface area contributed by atoms with E-state index in [1.807, 2.05) is 36.4 Å².